The van der Waals surface area contributed by atoms with Crippen molar-refractivity contribution >= 4 is 11.9 Å². The lowest BCUT2D eigenvalue weighted by molar-refractivity contribution is -0.913. The maximum absolute atomic E-state index is 11.8. The average Bonchev–Trinajstić information content (AvgIpc) is 3.05. The van der Waals surface area contributed by atoms with Crippen molar-refractivity contribution in [1.82, 2.24) is 4.90 Å². The minimum atomic E-state index is -0.920. The van der Waals surface area contributed by atoms with Crippen LogP contribution >= 0.6 is 0 Å². The van der Waals surface area contributed by atoms with Crippen molar-refractivity contribution in [2.45, 2.75) is 103 Å². The Morgan fingerprint density at radius 2 is 1.32 bits per heavy atom. The molecule has 0 spiro atoms. The lowest BCUT2D eigenvalue weighted by atomic mass is 10.0. The number of aliphatic carboxylic acids is 2. The second kappa shape index (κ2) is 12.8. The summed E-state index contributed by atoms with van der Waals surface area (Å²) in [4.78, 5) is 25.8. The van der Waals surface area contributed by atoms with Crippen LogP contribution in [0, 0.1) is 0 Å². The molecule has 162 valence electrons. The predicted molar refractivity (Wildman–Crippen MR) is 112 cm³/mol. The summed E-state index contributed by atoms with van der Waals surface area (Å²) in [7, 11) is 0. The van der Waals surface area contributed by atoms with Gasteiger partial charge in [-0.3, -0.25) is 4.48 Å². The minimum Gasteiger partial charge on any atom is -0.477 e. The molecule has 0 aliphatic carbocycles. The van der Waals surface area contributed by atoms with Gasteiger partial charge in [-0.15, -0.1) is 0 Å². The summed E-state index contributed by atoms with van der Waals surface area (Å²) in [5.74, 6) is -1.84. The molecule has 0 aromatic rings. The Hall–Kier alpha value is -1.56. The van der Waals surface area contributed by atoms with Gasteiger partial charge in [-0.05, 0) is 6.42 Å². The largest absolute Gasteiger partial charge is 0.477 e. The Labute approximate surface area is 170 Å². The summed E-state index contributed by atoms with van der Waals surface area (Å²) in [6.45, 7) is 7.18. The van der Waals surface area contributed by atoms with Gasteiger partial charge >= 0.3 is 11.9 Å². The lowest BCUT2D eigenvalue weighted by Crippen LogP contribution is -2.63. The second-order valence-corrected chi connectivity index (χ2v) is 8.10. The number of carboxylic acid groups (broad SMARTS) is 2. The zero-order valence-electron chi connectivity index (χ0n) is 18.1. The first-order valence-electron chi connectivity index (χ1n) is 11.2. The third kappa shape index (κ3) is 6.80. The molecule has 0 radical (unpaired) electrons. The van der Waals surface area contributed by atoms with Crippen molar-refractivity contribution in [3.8, 4) is 0 Å². The smallest absolute Gasteiger partial charge is 0.363 e. The highest BCUT2D eigenvalue weighted by Crippen LogP contribution is 2.31. The van der Waals surface area contributed by atoms with Crippen LogP contribution in [0.15, 0.2) is 12.4 Å². The van der Waals surface area contributed by atoms with Crippen LogP contribution < -0.4 is 0 Å². The Kier molecular flexibility index (Phi) is 11.2. The molecule has 28 heavy (non-hydrogen) atoms. The van der Waals surface area contributed by atoms with Crippen LogP contribution in [-0.2, 0) is 9.59 Å². The molecule has 2 unspecified atom stereocenters. The highest BCUT2D eigenvalue weighted by molar-refractivity contribution is 5.75. The molecule has 0 amide bonds. The van der Waals surface area contributed by atoms with Crippen molar-refractivity contribution in [2.24, 2.45) is 0 Å². The SMILES string of the molecule is CCCCCCCCCCCN1C=C[N+](C(CC)C(=O)O)(C(CC)C(=O)O)C1. The summed E-state index contributed by atoms with van der Waals surface area (Å²) in [5, 5.41) is 19.4. The summed E-state index contributed by atoms with van der Waals surface area (Å²) >= 11 is 0. The fraction of sp³-hybridized carbons (Fsp3) is 0.818. The molecular formula is C22H41N2O4+. The molecule has 0 saturated carbocycles. The number of rotatable bonds is 16. The molecule has 0 aromatic carbocycles. The van der Waals surface area contributed by atoms with Crippen molar-refractivity contribution in [3.05, 3.63) is 12.4 Å². The summed E-state index contributed by atoms with van der Waals surface area (Å²) in [5.41, 5.74) is 0. The van der Waals surface area contributed by atoms with E-state index in [0.29, 0.717) is 19.5 Å². The molecule has 0 bridgehead atoms. The third-order valence-electron chi connectivity index (χ3n) is 6.03. The van der Waals surface area contributed by atoms with E-state index < -0.39 is 24.0 Å². The molecule has 1 rings (SSSR count). The number of nitrogens with zero attached hydrogens (tertiary/aromatic N) is 2. The van der Waals surface area contributed by atoms with Crippen molar-refractivity contribution in [3.63, 3.8) is 0 Å². The van der Waals surface area contributed by atoms with Crippen molar-refractivity contribution in [2.75, 3.05) is 13.2 Å². The van der Waals surface area contributed by atoms with Crippen LogP contribution in [0.5, 0.6) is 0 Å². The second-order valence-electron chi connectivity index (χ2n) is 8.10. The molecule has 1 aliphatic rings. The van der Waals surface area contributed by atoms with Gasteiger partial charge in [0.25, 0.3) is 0 Å². The van der Waals surface area contributed by atoms with E-state index in [4.69, 9.17) is 0 Å². The molecule has 0 aromatic heterocycles. The zero-order valence-corrected chi connectivity index (χ0v) is 18.1. The summed E-state index contributed by atoms with van der Waals surface area (Å²) < 4.78 is -0.00487. The molecule has 1 aliphatic heterocycles. The third-order valence-corrected chi connectivity index (χ3v) is 6.03. The molecule has 2 N–H and O–H groups in total. The van der Waals surface area contributed by atoms with Crippen LogP contribution in [0.25, 0.3) is 0 Å². The van der Waals surface area contributed by atoms with Gasteiger partial charge in [0.15, 0.2) is 18.8 Å². The highest BCUT2D eigenvalue weighted by atomic mass is 16.4. The maximum atomic E-state index is 11.8. The first kappa shape index (κ1) is 24.5. The van der Waals surface area contributed by atoms with E-state index in [-0.39, 0.29) is 4.48 Å². The van der Waals surface area contributed by atoms with Gasteiger partial charge in [0.2, 0.25) is 0 Å². The van der Waals surface area contributed by atoms with E-state index in [0.717, 1.165) is 13.0 Å². The van der Waals surface area contributed by atoms with Gasteiger partial charge in [-0.2, -0.15) is 0 Å². The van der Waals surface area contributed by atoms with E-state index in [1.165, 1.54) is 51.4 Å². The highest BCUT2D eigenvalue weighted by Gasteiger charge is 2.51. The standard InChI is InChI=1S/C22H40N2O4/c1-4-7-8-9-10-11-12-13-14-15-23-16-17-24(18-23,19(5-2)21(25)26)20(6-3)22(27)28/h16-17,19-20H,4-15,18H2,1-3H3,(H-,25,26,27,28)/p+1. The van der Waals surface area contributed by atoms with Gasteiger partial charge in [0.1, 0.15) is 6.20 Å². The molecule has 6 heteroatoms. The number of quaternary nitrogens is 1. The predicted octanol–water partition coefficient (Wildman–Crippen LogP) is 4.80. The molecular weight excluding hydrogens is 356 g/mol. The van der Waals surface area contributed by atoms with Gasteiger partial charge < -0.3 is 15.1 Å². The number of carbonyl (C=O) groups is 2. The molecule has 0 saturated heterocycles. The molecule has 0 fully saturated rings. The average molecular weight is 398 g/mol. The van der Waals surface area contributed by atoms with E-state index in [1.807, 2.05) is 26.2 Å². The number of unbranched alkanes of at least 4 members (excludes halogenated alkanes) is 8. The Bertz CT molecular complexity index is 485. The normalized spacial score (nSPS) is 21.0. The van der Waals surface area contributed by atoms with Crippen LogP contribution in [0.2, 0.25) is 0 Å². The van der Waals surface area contributed by atoms with E-state index in [2.05, 4.69) is 11.8 Å². The number of hydrogen-bond acceptors (Lipinski definition) is 3. The van der Waals surface area contributed by atoms with Crippen molar-refractivity contribution in [1.29, 1.82) is 0 Å². The van der Waals surface area contributed by atoms with Crippen molar-refractivity contribution < 1.29 is 24.3 Å². The fourth-order valence-electron chi connectivity index (χ4n) is 4.46. The fourth-order valence-corrected chi connectivity index (χ4v) is 4.46. The quantitative estimate of drug-likeness (QED) is 0.289. The Morgan fingerprint density at radius 3 is 1.75 bits per heavy atom. The van der Waals surface area contributed by atoms with Crippen LogP contribution in [0.3, 0.4) is 0 Å². The number of carboxylic acids is 2. The maximum Gasteiger partial charge on any atom is 0.363 e. The summed E-state index contributed by atoms with van der Waals surface area (Å²) in [6, 6.07) is -1.46. The first-order chi connectivity index (χ1) is 13.4. The van der Waals surface area contributed by atoms with E-state index in [1.54, 1.807) is 0 Å². The van der Waals surface area contributed by atoms with Crippen LogP contribution in [0.1, 0.15) is 91.4 Å². The monoisotopic (exact) mass is 397 g/mol. The van der Waals surface area contributed by atoms with Gasteiger partial charge in [0, 0.05) is 19.4 Å². The molecule has 1 heterocycles. The Balaban J connectivity index is 2.53. The van der Waals surface area contributed by atoms with Crippen LogP contribution in [-0.4, -0.2) is 56.8 Å². The minimum absolute atomic E-state index is 0.00487. The van der Waals surface area contributed by atoms with Gasteiger partial charge in [-0.1, -0.05) is 72.1 Å². The topological polar surface area (TPSA) is 77.8 Å². The number of hydrogen-bond donors (Lipinski definition) is 2. The van der Waals surface area contributed by atoms with Crippen LogP contribution in [0.4, 0.5) is 0 Å². The first-order valence-corrected chi connectivity index (χ1v) is 11.2. The zero-order chi connectivity index (χ0) is 21.0. The van der Waals surface area contributed by atoms with Gasteiger partial charge in [0.05, 0.1) is 6.20 Å². The molecule has 6 nitrogen and oxygen atoms in total. The summed E-state index contributed by atoms with van der Waals surface area (Å²) in [6.07, 6.45) is 15.9. The van der Waals surface area contributed by atoms with E-state index in [9.17, 15) is 19.8 Å². The van der Waals surface area contributed by atoms with E-state index >= 15 is 0 Å². The van der Waals surface area contributed by atoms with Gasteiger partial charge in [-0.25, -0.2) is 9.59 Å². The lowest BCUT2D eigenvalue weighted by Gasteiger charge is -2.41. The Morgan fingerprint density at radius 1 is 0.857 bits per heavy atom. The molecule has 2 atom stereocenters.